The van der Waals surface area contributed by atoms with E-state index in [1.165, 1.54) is 15.6 Å². The second-order valence-corrected chi connectivity index (χ2v) is 6.93. The minimum Gasteiger partial charge on any atom is -0.319 e. The van der Waals surface area contributed by atoms with Gasteiger partial charge in [-0.25, -0.2) is 12.7 Å². The molecule has 0 saturated heterocycles. The number of rotatable bonds is 6. The molecular formula is C10H18N2O2S2. The van der Waals surface area contributed by atoms with E-state index >= 15 is 0 Å². The van der Waals surface area contributed by atoms with Crippen molar-refractivity contribution in [3.63, 3.8) is 0 Å². The van der Waals surface area contributed by atoms with Crippen molar-refractivity contribution in [3.8, 4) is 0 Å². The van der Waals surface area contributed by atoms with Crippen molar-refractivity contribution in [3.05, 3.63) is 17.0 Å². The van der Waals surface area contributed by atoms with Crippen molar-refractivity contribution >= 4 is 21.4 Å². The average molecular weight is 262 g/mol. The molecule has 1 aromatic rings. The van der Waals surface area contributed by atoms with E-state index in [2.05, 4.69) is 5.32 Å². The molecule has 0 aliphatic heterocycles. The fraction of sp³-hybridized carbons (Fsp3) is 0.600. The highest BCUT2D eigenvalue weighted by atomic mass is 32.2. The van der Waals surface area contributed by atoms with Crippen molar-refractivity contribution in [1.82, 2.24) is 9.62 Å². The Balaban J connectivity index is 2.85. The van der Waals surface area contributed by atoms with E-state index in [4.69, 9.17) is 0 Å². The highest BCUT2D eigenvalue weighted by Crippen LogP contribution is 2.24. The molecule has 0 spiro atoms. The van der Waals surface area contributed by atoms with Gasteiger partial charge in [-0.1, -0.05) is 6.92 Å². The van der Waals surface area contributed by atoms with Crippen LogP contribution in [0.25, 0.3) is 0 Å². The first-order chi connectivity index (χ1) is 7.52. The van der Waals surface area contributed by atoms with Gasteiger partial charge in [0.25, 0.3) is 10.0 Å². The van der Waals surface area contributed by atoms with Gasteiger partial charge in [0, 0.05) is 18.5 Å². The van der Waals surface area contributed by atoms with Crippen molar-refractivity contribution in [2.45, 2.75) is 17.6 Å². The number of nitrogens with zero attached hydrogens (tertiary/aromatic N) is 1. The van der Waals surface area contributed by atoms with Crippen LogP contribution in [0.15, 0.2) is 16.3 Å². The SMILES string of the molecule is CCN(C)S(=O)(=O)c1ccc(CCNC)s1. The summed E-state index contributed by atoms with van der Waals surface area (Å²) in [7, 11) is 0.223. The summed E-state index contributed by atoms with van der Waals surface area (Å²) in [6, 6.07) is 3.58. The first kappa shape index (κ1) is 13.6. The van der Waals surface area contributed by atoms with Gasteiger partial charge in [-0.2, -0.15) is 0 Å². The molecule has 1 heterocycles. The highest BCUT2D eigenvalue weighted by Gasteiger charge is 2.21. The van der Waals surface area contributed by atoms with Gasteiger partial charge in [0.2, 0.25) is 0 Å². The van der Waals surface area contributed by atoms with Gasteiger partial charge in [0.05, 0.1) is 0 Å². The summed E-state index contributed by atoms with van der Waals surface area (Å²) in [5.41, 5.74) is 0. The number of likely N-dealkylation sites (N-methyl/N-ethyl adjacent to an activating group) is 1. The largest absolute Gasteiger partial charge is 0.319 e. The molecule has 6 heteroatoms. The van der Waals surface area contributed by atoms with Gasteiger partial charge in [0.15, 0.2) is 0 Å². The van der Waals surface area contributed by atoms with Crippen LogP contribution in [-0.4, -0.2) is 39.9 Å². The summed E-state index contributed by atoms with van der Waals surface area (Å²) in [5.74, 6) is 0. The van der Waals surface area contributed by atoms with E-state index < -0.39 is 10.0 Å². The first-order valence-corrected chi connectivity index (χ1v) is 7.47. The van der Waals surface area contributed by atoms with Gasteiger partial charge in [-0.15, -0.1) is 11.3 Å². The number of nitrogens with one attached hydrogen (secondary N) is 1. The normalized spacial score (nSPS) is 12.2. The minimum absolute atomic E-state index is 0.433. The standard InChI is InChI=1S/C10H18N2O2S2/c1-4-12(3)16(13,14)10-6-5-9(15-10)7-8-11-2/h5-6,11H,4,7-8H2,1-3H3. The van der Waals surface area contributed by atoms with Crippen LogP contribution in [0, 0.1) is 0 Å². The maximum atomic E-state index is 12.0. The quantitative estimate of drug-likeness (QED) is 0.836. The minimum atomic E-state index is -3.26. The van der Waals surface area contributed by atoms with E-state index in [-0.39, 0.29) is 0 Å². The Hall–Kier alpha value is -0.430. The summed E-state index contributed by atoms with van der Waals surface area (Å²) in [6.45, 7) is 3.18. The molecule has 92 valence electrons. The zero-order valence-corrected chi connectivity index (χ0v) is 11.5. The zero-order chi connectivity index (χ0) is 12.2. The molecule has 0 aliphatic rings. The molecule has 16 heavy (non-hydrogen) atoms. The lowest BCUT2D eigenvalue weighted by atomic mass is 10.3. The predicted molar refractivity (Wildman–Crippen MR) is 67.4 cm³/mol. The molecular weight excluding hydrogens is 244 g/mol. The van der Waals surface area contributed by atoms with Crippen molar-refractivity contribution in [1.29, 1.82) is 0 Å². The van der Waals surface area contributed by atoms with Gasteiger partial charge >= 0.3 is 0 Å². The van der Waals surface area contributed by atoms with Crippen molar-refractivity contribution in [2.24, 2.45) is 0 Å². The van der Waals surface area contributed by atoms with E-state index in [1.807, 2.05) is 20.0 Å². The molecule has 0 radical (unpaired) electrons. The first-order valence-electron chi connectivity index (χ1n) is 5.22. The number of sulfonamides is 1. The van der Waals surface area contributed by atoms with Crippen molar-refractivity contribution in [2.75, 3.05) is 27.2 Å². The zero-order valence-electron chi connectivity index (χ0n) is 9.86. The van der Waals surface area contributed by atoms with Crippen LogP contribution >= 0.6 is 11.3 Å². The van der Waals surface area contributed by atoms with Crippen LogP contribution in [0.4, 0.5) is 0 Å². The predicted octanol–water partition coefficient (Wildman–Crippen LogP) is 1.15. The molecule has 4 nitrogen and oxygen atoms in total. The van der Waals surface area contributed by atoms with Crippen LogP contribution in [0.1, 0.15) is 11.8 Å². The lowest BCUT2D eigenvalue weighted by molar-refractivity contribution is 0.488. The second kappa shape index (κ2) is 5.77. The molecule has 0 atom stereocenters. The van der Waals surface area contributed by atoms with Gasteiger partial charge in [-0.3, -0.25) is 0 Å². The molecule has 1 rings (SSSR count). The third-order valence-electron chi connectivity index (χ3n) is 2.37. The van der Waals surface area contributed by atoms with E-state index in [0.717, 1.165) is 17.8 Å². The highest BCUT2D eigenvalue weighted by molar-refractivity contribution is 7.91. The molecule has 0 aliphatic carbocycles. The molecule has 0 bridgehead atoms. The molecule has 1 aromatic heterocycles. The Kier molecular flexibility index (Phi) is 4.91. The summed E-state index contributed by atoms with van der Waals surface area (Å²) < 4.78 is 25.7. The van der Waals surface area contributed by atoms with Gasteiger partial charge < -0.3 is 5.32 Å². The lowest BCUT2D eigenvalue weighted by Gasteiger charge is -2.12. The average Bonchev–Trinajstić information content (AvgIpc) is 2.74. The van der Waals surface area contributed by atoms with Crippen LogP contribution in [0.2, 0.25) is 0 Å². The van der Waals surface area contributed by atoms with Crippen LogP contribution in [0.3, 0.4) is 0 Å². The maximum Gasteiger partial charge on any atom is 0.252 e. The number of hydrogen-bond donors (Lipinski definition) is 1. The summed E-state index contributed by atoms with van der Waals surface area (Å²) >= 11 is 1.35. The topological polar surface area (TPSA) is 49.4 Å². The van der Waals surface area contributed by atoms with E-state index in [1.54, 1.807) is 13.1 Å². The smallest absolute Gasteiger partial charge is 0.252 e. The Labute approximate surface area is 101 Å². The van der Waals surface area contributed by atoms with Crippen molar-refractivity contribution < 1.29 is 8.42 Å². The Bertz CT molecular complexity index is 426. The van der Waals surface area contributed by atoms with Crippen LogP contribution in [0.5, 0.6) is 0 Å². The summed E-state index contributed by atoms with van der Waals surface area (Å²) in [4.78, 5) is 1.09. The monoisotopic (exact) mass is 262 g/mol. The third-order valence-corrected chi connectivity index (χ3v) is 5.91. The van der Waals surface area contributed by atoms with E-state index in [0.29, 0.717) is 10.8 Å². The molecule has 0 saturated carbocycles. The van der Waals surface area contributed by atoms with Crippen LogP contribution < -0.4 is 5.32 Å². The summed E-state index contributed by atoms with van der Waals surface area (Å²) in [6.07, 6.45) is 0.868. The van der Waals surface area contributed by atoms with Crippen LogP contribution in [-0.2, 0) is 16.4 Å². The van der Waals surface area contributed by atoms with E-state index in [9.17, 15) is 8.42 Å². The maximum absolute atomic E-state index is 12.0. The lowest BCUT2D eigenvalue weighted by Crippen LogP contribution is -2.25. The van der Waals surface area contributed by atoms with Gasteiger partial charge in [-0.05, 0) is 32.1 Å². The fourth-order valence-electron chi connectivity index (χ4n) is 1.20. The third kappa shape index (κ3) is 3.04. The Morgan fingerprint density at radius 1 is 1.44 bits per heavy atom. The fourth-order valence-corrected chi connectivity index (χ4v) is 3.95. The molecule has 0 amide bonds. The summed E-state index contributed by atoms with van der Waals surface area (Å²) in [5, 5.41) is 3.04. The molecule has 1 N–H and O–H groups in total. The Morgan fingerprint density at radius 2 is 2.12 bits per heavy atom. The van der Waals surface area contributed by atoms with Gasteiger partial charge in [0.1, 0.15) is 4.21 Å². The number of thiophene rings is 1. The molecule has 0 fully saturated rings. The molecule has 0 aromatic carbocycles. The molecule has 0 unspecified atom stereocenters. The number of hydrogen-bond acceptors (Lipinski definition) is 4. The second-order valence-electron chi connectivity index (χ2n) is 3.49. The Morgan fingerprint density at radius 3 is 2.69 bits per heavy atom.